The number of ether oxygens (including phenoxy) is 1. The summed E-state index contributed by atoms with van der Waals surface area (Å²) in [5.41, 5.74) is 6.20. The Morgan fingerprint density at radius 2 is 1.74 bits per heavy atom. The van der Waals surface area contributed by atoms with Crippen LogP contribution in [0.15, 0.2) is 77.1 Å². The van der Waals surface area contributed by atoms with Crippen LogP contribution in [0.2, 0.25) is 0 Å². The van der Waals surface area contributed by atoms with Gasteiger partial charge in [0.1, 0.15) is 0 Å². The van der Waals surface area contributed by atoms with Crippen LogP contribution in [-0.2, 0) is 20.7 Å². The van der Waals surface area contributed by atoms with Gasteiger partial charge in [-0.2, -0.15) is 0 Å². The van der Waals surface area contributed by atoms with E-state index in [0.29, 0.717) is 25.0 Å². The van der Waals surface area contributed by atoms with Gasteiger partial charge in [-0.05, 0) is 56.9 Å². The Bertz CT molecular complexity index is 1100. The summed E-state index contributed by atoms with van der Waals surface area (Å²) in [6.07, 6.45) is 2.83. The van der Waals surface area contributed by atoms with Gasteiger partial charge in [-0.1, -0.05) is 42.5 Å². The molecule has 5 nitrogen and oxygen atoms in total. The Morgan fingerprint density at radius 3 is 2.41 bits per heavy atom. The smallest absolute Gasteiger partial charge is 0.336 e. The van der Waals surface area contributed by atoms with E-state index in [4.69, 9.17) is 4.74 Å². The maximum atomic E-state index is 13.4. The van der Waals surface area contributed by atoms with Crippen molar-refractivity contribution in [2.75, 3.05) is 24.6 Å². The molecule has 0 fully saturated rings. The zero-order chi connectivity index (χ0) is 24.1. The number of allylic oxidation sites excluding steroid dienone is 3. The van der Waals surface area contributed by atoms with Crippen molar-refractivity contribution in [3.8, 4) is 0 Å². The molecule has 2 aromatic carbocycles. The van der Waals surface area contributed by atoms with Crippen LogP contribution in [0.1, 0.15) is 57.1 Å². The van der Waals surface area contributed by atoms with Gasteiger partial charge in [0.2, 0.25) is 0 Å². The lowest BCUT2D eigenvalue weighted by Crippen LogP contribution is -2.34. The second kappa shape index (κ2) is 10.7. The minimum absolute atomic E-state index is 0.119. The highest BCUT2D eigenvalue weighted by molar-refractivity contribution is 6.03. The number of hydrogen-bond donors (Lipinski definition) is 1. The number of esters is 1. The normalized spacial score (nSPS) is 17.9. The van der Waals surface area contributed by atoms with Crippen LogP contribution >= 0.6 is 0 Å². The Hall–Kier alpha value is -3.34. The van der Waals surface area contributed by atoms with E-state index in [-0.39, 0.29) is 11.8 Å². The number of anilines is 1. The fourth-order valence-corrected chi connectivity index (χ4v) is 5.04. The Balaban J connectivity index is 1.63. The highest BCUT2D eigenvalue weighted by Gasteiger charge is 2.39. The van der Waals surface area contributed by atoms with Crippen molar-refractivity contribution in [1.29, 1.82) is 0 Å². The van der Waals surface area contributed by atoms with Gasteiger partial charge in [0.15, 0.2) is 5.78 Å². The Labute approximate surface area is 202 Å². The molecule has 0 bridgehead atoms. The largest absolute Gasteiger partial charge is 0.462 e. The zero-order valence-electron chi connectivity index (χ0n) is 20.4. The Kier molecular flexibility index (Phi) is 7.51. The molecular weight excluding hydrogens is 424 g/mol. The molecule has 1 aliphatic heterocycles. The number of benzene rings is 2. The van der Waals surface area contributed by atoms with Crippen LogP contribution < -0.4 is 10.2 Å². The van der Waals surface area contributed by atoms with Crippen molar-refractivity contribution in [3.63, 3.8) is 0 Å². The molecule has 1 aliphatic carbocycles. The molecular formula is C29H34N2O3. The average molecular weight is 459 g/mol. The topological polar surface area (TPSA) is 58.6 Å². The lowest BCUT2D eigenvalue weighted by atomic mass is 9.75. The number of Topliss-reactive ketones (excluding diaryl/α,β-unsaturated/α-hetero) is 1. The van der Waals surface area contributed by atoms with Crippen LogP contribution in [0.5, 0.6) is 0 Å². The van der Waals surface area contributed by atoms with E-state index in [1.807, 2.05) is 37.3 Å². The van der Waals surface area contributed by atoms with Crippen molar-refractivity contribution >= 4 is 17.4 Å². The first-order valence-corrected chi connectivity index (χ1v) is 12.3. The molecule has 0 radical (unpaired) electrons. The minimum atomic E-state index is -0.404. The maximum Gasteiger partial charge on any atom is 0.336 e. The first kappa shape index (κ1) is 23.8. The summed E-state index contributed by atoms with van der Waals surface area (Å²) < 4.78 is 5.74. The molecule has 4 rings (SSSR count). The van der Waals surface area contributed by atoms with Gasteiger partial charge >= 0.3 is 5.97 Å². The fraction of sp³-hybridized carbons (Fsp3) is 0.379. The van der Waals surface area contributed by atoms with Crippen LogP contribution in [-0.4, -0.2) is 31.4 Å². The molecule has 1 N–H and O–H groups in total. The van der Waals surface area contributed by atoms with Crippen molar-refractivity contribution in [2.24, 2.45) is 0 Å². The number of carbonyl (C=O) groups is 2. The minimum Gasteiger partial charge on any atom is -0.462 e. The van der Waals surface area contributed by atoms with E-state index in [2.05, 4.69) is 48.3 Å². The molecule has 1 heterocycles. The molecule has 0 saturated heterocycles. The highest BCUT2D eigenvalue weighted by Crippen LogP contribution is 2.42. The number of rotatable bonds is 8. The molecule has 5 heteroatoms. The van der Waals surface area contributed by atoms with Crippen LogP contribution in [0.4, 0.5) is 5.69 Å². The zero-order valence-corrected chi connectivity index (χ0v) is 20.4. The molecule has 0 aromatic heterocycles. The lowest BCUT2D eigenvalue weighted by molar-refractivity contribution is -0.139. The SMILES string of the molecule is CCN(CC)c1ccc(C2C(C(=O)OCCc3ccccc3)=C(C)NC3=C2C(=O)CCC3)cc1. The summed E-state index contributed by atoms with van der Waals surface area (Å²) in [5.74, 6) is -0.642. The molecule has 34 heavy (non-hydrogen) atoms. The Morgan fingerprint density at radius 1 is 1.03 bits per heavy atom. The van der Waals surface area contributed by atoms with E-state index in [1.54, 1.807) is 0 Å². The predicted molar refractivity (Wildman–Crippen MR) is 136 cm³/mol. The van der Waals surface area contributed by atoms with Gasteiger partial charge in [0, 0.05) is 54.5 Å². The molecule has 1 unspecified atom stereocenters. The third kappa shape index (κ3) is 4.93. The van der Waals surface area contributed by atoms with Crippen LogP contribution in [0, 0.1) is 0 Å². The summed E-state index contributed by atoms with van der Waals surface area (Å²) in [7, 11) is 0. The van der Waals surface area contributed by atoms with E-state index in [9.17, 15) is 9.59 Å². The van der Waals surface area contributed by atoms with Gasteiger partial charge in [-0.3, -0.25) is 4.79 Å². The second-order valence-corrected chi connectivity index (χ2v) is 8.90. The van der Waals surface area contributed by atoms with Crippen molar-refractivity contribution in [2.45, 2.75) is 52.4 Å². The number of nitrogens with zero attached hydrogens (tertiary/aromatic N) is 1. The summed E-state index contributed by atoms with van der Waals surface area (Å²) in [6, 6.07) is 18.3. The number of nitrogens with one attached hydrogen (secondary N) is 1. The van der Waals surface area contributed by atoms with Gasteiger partial charge in [-0.15, -0.1) is 0 Å². The maximum absolute atomic E-state index is 13.4. The number of dihydropyridines is 1. The van der Waals surface area contributed by atoms with Gasteiger partial charge in [-0.25, -0.2) is 4.79 Å². The van der Waals surface area contributed by atoms with E-state index in [0.717, 1.165) is 59.7 Å². The first-order valence-electron chi connectivity index (χ1n) is 12.3. The van der Waals surface area contributed by atoms with E-state index >= 15 is 0 Å². The molecule has 0 amide bonds. The van der Waals surface area contributed by atoms with E-state index < -0.39 is 5.92 Å². The number of ketones is 1. The molecule has 2 aliphatic rings. The second-order valence-electron chi connectivity index (χ2n) is 8.90. The summed E-state index contributed by atoms with van der Waals surface area (Å²) in [4.78, 5) is 28.7. The first-order chi connectivity index (χ1) is 16.5. The van der Waals surface area contributed by atoms with Crippen LogP contribution in [0.25, 0.3) is 0 Å². The monoisotopic (exact) mass is 458 g/mol. The van der Waals surface area contributed by atoms with Gasteiger partial charge in [0.05, 0.1) is 12.2 Å². The fourth-order valence-electron chi connectivity index (χ4n) is 5.04. The molecule has 1 atom stereocenters. The molecule has 0 spiro atoms. The number of carbonyl (C=O) groups excluding carboxylic acids is 2. The standard InChI is InChI=1S/C29H34N2O3/c1-4-31(5-2)23-16-14-22(15-17-23)27-26(20(3)30-24-12-9-13-25(32)28(24)27)29(33)34-19-18-21-10-7-6-8-11-21/h6-8,10-11,14-17,27,30H,4-5,9,12-13,18-19H2,1-3H3. The summed E-state index contributed by atoms with van der Waals surface area (Å²) >= 11 is 0. The summed E-state index contributed by atoms with van der Waals surface area (Å²) in [5, 5.41) is 3.36. The average Bonchev–Trinajstić information content (AvgIpc) is 2.85. The number of hydrogen-bond acceptors (Lipinski definition) is 5. The third-order valence-electron chi connectivity index (χ3n) is 6.82. The van der Waals surface area contributed by atoms with Gasteiger partial charge < -0.3 is 15.0 Å². The predicted octanol–water partition coefficient (Wildman–Crippen LogP) is 5.29. The van der Waals surface area contributed by atoms with Gasteiger partial charge in [0.25, 0.3) is 0 Å². The van der Waals surface area contributed by atoms with Crippen molar-refractivity contribution in [1.82, 2.24) is 5.32 Å². The van der Waals surface area contributed by atoms with Crippen molar-refractivity contribution < 1.29 is 14.3 Å². The molecule has 2 aromatic rings. The third-order valence-corrected chi connectivity index (χ3v) is 6.82. The highest BCUT2D eigenvalue weighted by atomic mass is 16.5. The quantitative estimate of drug-likeness (QED) is 0.545. The summed E-state index contributed by atoms with van der Waals surface area (Å²) in [6.45, 7) is 8.33. The van der Waals surface area contributed by atoms with E-state index in [1.165, 1.54) is 0 Å². The van der Waals surface area contributed by atoms with Crippen molar-refractivity contribution in [3.05, 3.63) is 88.3 Å². The van der Waals surface area contributed by atoms with Crippen LogP contribution in [0.3, 0.4) is 0 Å². The lowest BCUT2D eigenvalue weighted by Gasteiger charge is -2.34. The molecule has 178 valence electrons. The molecule has 0 saturated carbocycles.